The Hall–Kier alpha value is -3.87. The summed E-state index contributed by atoms with van der Waals surface area (Å²) < 4.78 is 27.6. The van der Waals surface area contributed by atoms with Crippen molar-refractivity contribution >= 4 is 11.6 Å². The number of rotatable bonds is 5. The first-order valence-electron chi connectivity index (χ1n) is 9.57. The molecule has 0 aliphatic carbocycles. The number of nitrogens with one attached hydrogen (secondary N) is 1. The van der Waals surface area contributed by atoms with Gasteiger partial charge in [-0.3, -0.25) is 4.79 Å². The fraction of sp³-hybridized carbons (Fsp3) is 0.174. The normalized spacial score (nSPS) is 13.6. The van der Waals surface area contributed by atoms with Crippen LogP contribution in [0.25, 0.3) is 0 Å². The van der Waals surface area contributed by atoms with Crippen LogP contribution in [0, 0.1) is 0 Å². The average molecular weight is 405 g/mol. The van der Waals surface area contributed by atoms with Gasteiger partial charge in [-0.1, -0.05) is 12.1 Å². The second-order valence-electron chi connectivity index (χ2n) is 6.82. The van der Waals surface area contributed by atoms with E-state index < -0.39 is 0 Å². The van der Waals surface area contributed by atoms with Crippen molar-refractivity contribution in [1.82, 2.24) is 0 Å². The van der Waals surface area contributed by atoms with E-state index in [1.807, 2.05) is 36.4 Å². The third-order valence-corrected chi connectivity index (χ3v) is 4.74. The Morgan fingerprint density at radius 3 is 2.53 bits per heavy atom. The molecule has 0 radical (unpaired) electrons. The Kier molecular flexibility index (Phi) is 4.77. The molecule has 3 aromatic carbocycles. The summed E-state index contributed by atoms with van der Waals surface area (Å²) in [6.45, 7) is 1.57. The van der Waals surface area contributed by atoms with Crippen molar-refractivity contribution in [1.29, 1.82) is 0 Å². The van der Waals surface area contributed by atoms with Crippen molar-refractivity contribution in [2.45, 2.75) is 6.61 Å². The van der Waals surface area contributed by atoms with E-state index in [2.05, 4.69) is 5.32 Å². The third kappa shape index (κ3) is 3.82. The van der Waals surface area contributed by atoms with Gasteiger partial charge in [-0.25, -0.2) is 0 Å². The molecule has 0 saturated heterocycles. The van der Waals surface area contributed by atoms with E-state index in [4.69, 9.17) is 23.7 Å². The van der Waals surface area contributed by atoms with Crippen LogP contribution in [0.3, 0.4) is 0 Å². The highest BCUT2D eigenvalue weighted by Gasteiger charge is 2.16. The quantitative estimate of drug-likeness (QED) is 0.691. The van der Waals surface area contributed by atoms with Gasteiger partial charge in [-0.2, -0.15) is 0 Å². The molecule has 0 atom stereocenters. The SMILES string of the molecule is O=C(Nc1cccc(COc2ccc3c(c2)OCO3)c1)c1ccc2c(c1)OCCO2. The first-order valence-corrected chi connectivity index (χ1v) is 9.57. The van der Waals surface area contributed by atoms with Gasteiger partial charge in [0.25, 0.3) is 5.91 Å². The Morgan fingerprint density at radius 1 is 0.833 bits per heavy atom. The molecule has 0 aromatic heterocycles. The molecule has 2 heterocycles. The van der Waals surface area contributed by atoms with E-state index in [1.165, 1.54) is 0 Å². The predicted octanol–water partition coefficient (Wildman–Crippen LogP) is 4.02. The maximum Gasteiger partial charge on any atom is 0.255 e. The van der Waals surface area contributed by atoms with Crippen LogP contribution in [0.4, 0.5) is 5.69 Å². The lowest BCUT2D eigenvalue weighted by atomic mass is 10.1. The number of carbonyl (C=O) groups is 1. The van der Waals surface area contributed by atoms with Gasteiger partial charge in [0.2, 0.25) is 6.79 Å². The van der Waals surface area contributed by atoms with E-state index in [1.54, 1.807) is 24.3 Å². The van der Waals surface area contributed by atoms with Crippen molar-refractivity contribution in [2.24, 2.45) is 0 Å². The standard InChI is InChI=1S/C23H19NO6/c25-23(16-4-6-19-21(11-16)27-9-8-26-19)24-17-3-1-2-15(10-17)13-28-18-5-7-20-22(12-18)30-14-29-20/h1-7,10-12H,8-9,13-14H2,(H,24,25). The second-order valence-corrected chi connectivity index (χ2v) is 6.82. The summed E-state index contributed by atoms with van der Waals surface area (Å²) in [5.41, 5.74) is 2.11. The van der Waals surface area contributed by atoms with Crippen LogP contribution in [0.5, 0.6) is 28.7 Å². The van der Waals surface area contributed by atoms with Gasteiger partial charge in [0.1, 0.15) is 25.6 Å². The van der Waals surface area contributed by atoms with Gasteiger partial charge in [0, 0.05) is 17.3 Å². The largest absolute Gasteiger partial charge is 0.489 e. The maximum atomic E-state index is 12.6. The fourth-order valence-electron chi connectivity index (χ4n) is 3.26. The minimum absolute atomic E-state index is 0.221. The van der Waals surface area contributed by atoms with Gasteiger partial charge < -0.3 is 29.0 Å². The van der Waals surface area contributed by atoms with Crippen molar-refractivity contribution in [3.8, 4) is 28.7 Å². The van der Waals surface area contributed by atoms with Gasteiger partial charge in [0.15, 0.2) is 23.0 Å². The Balaban J connectivity index is 1.24. The summed E-state index contributed by atoms with van der Waals surface area (Å²) in [6.07, 6.45) is 0. The zero-order valence-electron chi connectivity index (χ0n) is 16.1. The van der Waals surface area contributed by atoms with Gasteiger partial charge in [-0.15, -0.1) is 0 Å². The van der Waals surface area contributed by atoms with Crippen LogP contribution in [0.1, 0.15) is 15.9 Å². The first-order chi connectivity index (χ1) is 14.7. The Labute approximate surface area is 173 Å². The van der Waals surface area contributed by atoms with Crippen molar-refractivity contribution < 1.29 is 28.5 Å². The lowest BCUT2D eigenvalue weighted by Gasteiger charge is -2.18. The molecule has 7 nitrogen and oxygen atoms in total. The van der Waals surface area contributed by atoms with Gasteiger partial charge >= 0.3 is 0 Å². The highest BCUT2D eigenvalue weighted by Crippen LogP contribution is 2.35. The topological polar surface area (TPSA) is 75.3 Å². The number of fused-ring (bicyclic) bond motifs is 2. The molecule has 0 unspecified atom stereocenters. The summed E-state index contributed by atoms with van der Waals surface area (Å²) in [7, 11) is 0. The number of hydrogen-bond donors (Lipinski definition) is 1. The summed E-state index contributed by atoms with van der Waals surface area (Å²) in [6, 6.07) is 18.1. The Bertz CT molecular complexity index is 1100. The number of benzene rings is 3. The minimum Gasteiger partial charge on any atom is -0.489 e. The summed E-state index contributed by atoms with van der Waals surface area (Å²) in [5.74, 6) is 3.09. The molecule has 5 rings (SSSR count). The van der Waals surface area contributed by atoms with E-state index in [9.17, 15) is 4.79 Å². The molecule has 0 saturated carbocycles. The number of anilines is 1. The lowest BCUT2D eigenvalue weighted by molar-refractivity contribution is 0.102. The van der Waals surface area contributed by atoms with E-state index in [0.717, 1.165) is 5.56 Å². The number of amides is 1. The van der Waals surface area contributed by atoms with Crippen LogP contribution in [-0.4, -0.2) is 25.9 Å². The molecule has 152 valence electrons. The number of hydrogen-bond acceptors (Lipinski definition) is 6. The van der Waals surface area contributed by atoms with Gasteiger partial charge in [0.05, 0.1) is 0 Å². The van der Waals surface area contributed by atoms with E-state index >= 15 is 0 Å². The highest BCUT2D eigenvalue weighted by atomic mass is 16.7. The smallest absolute Gasteiger partial charge is 0.255 e. The third-order valence-electron chi connectivity index (χ3n) is 4.74. The van der Waals surface area contributed by atoms with Crippen molar-refractivity contribution in [3.63, 3.8) is 0 Å². The van der Waals surface area contributed by atoms with Gasteiger partial charge in [-0.05, 0) is 48.0 Å². The average Bonchev–Trinajstić information content (AvgIpc) is 3.25. The zero-order chi connectivity index (χ0) is 20.3. The van der Waals surface area contributed by atoms with Crippen LogP contribution < -0.4 is 29.0 Å². The maximum absolute atomic E-state index is 12.6. The molecule has 0 bridgehead atoms. The van der Waals surface area contributed by atoms with Crippen molar-refractivity contribution in [3.05, 3.63) is 71.8 Å². The number of ether oxygens (including phenoxy) is 5. The molecular formula is C23H19NO6. The van der Waals surface area contributed by atoms with Crippen LogP contribution in [0.15, 0.2) is 60.7 Å². The molecule has 0 spiro atoms. The summed E-state index contributed by atoms with van der Waals surface area (Å²) in [5, 5.41) is 2.91. The molecule has 30 heavy (non-hydrogen) atoms. The minimum atomic E-state index is -0.221. The summed E-state index contributed by atoms with van der Waals surface area (Å²) >= 11 is 0. The van der Waals surface area contributed by atoms with Crippen LogP contribution in [-0.2, 0) is 6.61 Å². The van der Waals surface area contributed by atoms with E-state index in [0.29, 0.717) is 59.8 Å². The molecule has 1 N–H and O–H groups in total. The molecule has 7 heteroatoms. The number of carbonyl (C=O) groups excluding carboxylic acids is 1. The fourth-order valence-corrected chi connectivity index (χ4v) is 3.26. The Morgan fingerprint density at radius 2 is 1.60 bits per heavy atom. The molecule has 2 aliphatic heterocycles. The first kappa shape index (κ1) is 18.2. The predicted molar refractivity (Wildman–Crippen MR) is 109 cm³/mol. The van der Waals surface area contributed by atoms with Crippen molar-refractivity contribution in [2.75, 3.05) is 25.3 Å². The monoisotopic (exact) mass is 405 g/mol. The van der Waals surface area contributed by atoms with Crippen LogP contribution in [0.2, 0.25) is 0 Å². The molecule has 1 amide bonds. The zero-order valence-corrected chi connectivity index (χ0v) is 16.1. The highest BCUT2D eigenvalue weighted by molar-refractivity contribution is 6.04. The molecule has 2 aliphatic rings. The molecule has 3 aromatic rings. The van der Waals surface area contributed by atoms with E-state index in [-0.39, 0.29) is 12.7 Å². The molecular weight excluding hydrogens is 386 g/mol. The molecule has 0 fully saturated rings. The lowest BCUT2D eigenvalue weighted by Crippen LogP contribution is -2.17. The second kappa shape index (κ2) is 7.87. The van der Waals surface area contributed by atoms with Crippen LogP contribution >= 0.6 is 0 Å². The summed E-state index contributed by atoms with van der Waals surface area (Å²) in [4.78, 5) is 12.6.